The van der Waals surface area contributed by atoms with E-state index in [-0.39, 0.29) is 29.7 Å². The van der Waals surface area contributed by atoms with Gasteiger partial charge in [-0.1, -0.05) is 139 Å². The van der Waals surface area contributed by atoms with Crippen LogP contribution in [0.1, 0.15) is 6.85 Å². The molecule has 8 rings (SSSR count). The molecule has 40 heavy (non-hydrogen) atoms. The van der Waals surface area contributed by atoms with Gasteiger partial charge in [0, 0.05) is 0 Å². The predicted molar refractivity (Wildman–Crippen MR) is 173 cm³/mol. The third-order valence-electron chi connectivity index (χ3n) is 7.89. The van der Waals surface area contributed by atoms with Gasteiger partial charge in [-0.15, -0.1) is 0 Å². The van der Waals surface area contributed by atoms with Crippen LogP contribution in [0.25, 0.3) is 76.5 Å². The van der Waals surface area contributed by atoms with E-state index >= 15 is 0 Å². The van der Waals surface area contributed by atoms with Crippen LogP contribution in [0.2, 0.25) is 0 Å². The van der Waals surface area contributed by atoms with Crippen molar-refractivity contribution in [1.29, 1.82) is 0 Å². The first-order valence-corrected chi connectivity index (χ1v) is 13.4. The van der Waals surface area contributed by atoms with Gasteiger partial charge in [-0.2, -0.15) is 0 Å². The third-order valence-corrected chi connectivity index (χ3v) is 7.89. The standard InChI is InChI=1S/C40H26/c1-2-10-27(11-3-1)32-22-23-37-38(26-32)40(34-21-19-29-13-5-7-15-31(29)25-34)36-17-9-8-16-35(36)39(37)33-20-18-28-12-4-6-14-30(28)24-33/h1-26H/i1D,2D,3D,10D,11D. The zero-order valence-electron chi connectivity index (χ0n) is 26.6. The van der Waals surface area contributed by atoms with Crippen molar-refractivity contribution in [2.45, 2.75) is 0 Å². The van der Waals surface area contributed by atoms with Gasteiger partial charge in [0.05, 0.1) is 6.85 Å². The summed E-state index contributed by atoms with van der Waals surface area (Å²) < 4.78 is 42.1. The summed E-state index contributed by atoms with van der Waals surface area (Å²) in [5.41, 5.74) is 5.08. The molecule has 0 fully saturated rings. The van der Waals surface area contributed by atoms with Gasteiger partial charge in [0.1, 0.15) is 0 Å². The van der Waals surface area contributed by atoms with Crippen LogP contribution in [0.3, 0.4) is 0 Å². The van der Waals surface area contributed by atoms with Gasteiger partial charge in [-0.3, -0.25) is 0 Å². The molecule has 0 saturated carbocycles. The highest BCUT2D eigenvalue weighted by Gasteiger charge is 2.18. The van der Waals surface area contributed by atoms with Gasteiger partial charge in [-0.05, 0) is 94.7 Å². The number of rotatable bonds is 3. The fourth-order valence-electron chi connectivity index (χ4n) is 6.04. The second kappa shape index (κ2) is 9.22. The van der Waals surface area contributed by atoms with E-state index < -0.39 is 6.04 Å². The molecule has 8 aromatic carbocycles. The quantitative estimate of drug-likeness (QED) is 0.207. The SMILES string of the molecule is [2H]c1c([2H])c([2H])c(-c2ccc3c(-c4ccc5ccccc5c4)c4ccccc4c(-c4ccc5ccccc5c4)c3c2)c([2H])c1[2H]. The van der Waals surface area contributed by atoms with E-state index in [1.54, 1.807) is 0 Å². The van der Waals surface area contributed by atoms with Crippen molar-refractivity contribution in [2.24, 2.45) is 0 Å². The van der Waals surface area contributed by atoms with Crippen LogP contribution in [0.15, 0.2) is 158 Å². The Morgan fingerprint density at radius 2 is 0.800 bits per heavy atom. The molecule has 186 valence electrons. The summed E-state index contributed by atoms with van der Waals surface area (Å²) in [6, 6.07) is 42.6. The van der Waals surface area contributed by atoms with Crippen LogP contribution in [0.5, 0.6) is 0 Å². The first-order chi connectivity index (χ1) is 21.9. The first-order valence-electron chi connectivity index (χ1n) is 15.9. The van der Waals surface area contributed by atoms with E-state index in [4.69, 9.17) is 6.85 Å². The summed E-state index contributed by atoms with van der Waals surface area (Å²) in [5.74, 6) is 0. The topological polar surface area (TPSA) is 0 Å². The van der Waals surface area contributed by atoms with Gasteiger partial charge in [0.15, 0.2) is 0 Å². The maximum atomic E-state index is 8.70. The highest BCUT2D eigenvalue weighted by Crippen LogP contribution is 2.45. The molecule has 0 nitrogen and oxygen atoms in total. The Bertz CT molecular complexity index is 2470. The van der Waals surface area contributed by atoms with E-state index in [9.17, 15) is 0 Å². The minimum absolute atomic E-state index is 0.202. The Labute approximate surface area is 240 Å². The predicted octanol–water partition coefficient (Wildman–Crippen LogP) is 11.3. The molecule has 0 spiro atoms. The molecule has 0 aromatic heterocycles. The Morgan fingerprint density at radius 3 is 1.40 bits per heavy atom. The monoisotopic (exact) mass is 511 g/mol. The average Bonchev–Trinajstić information content (AvgIpc) is 3.08. The number of benzene rings is 8. The minimum Gasteiger partial charge on any atom is -0.0622 e. The van der Waals surface area contributed by atoms with E-state index in [1.165, 1.54) is 5.39 Å². The molecule has 0 N–H and O–H groups in total. The zero-order valence-corrected chi connectivity index (χ0v) is 21.6. The van der Waals surface area contributed by atoms with Gasteiger partial charge in [0.25, 0.3) is 0 Å². The van der Waals surface area contributed by atoms with Crippen LogP contribution in [0.4, 0.5) is 0 Å². The number of hydrogen-bond acceptors (Lipinski definition) is 0. The smallest absolute Gasteiger partial charge is 0.0622 e. The Kier molecular flexibility index (Phi) is 4.18. The molecule has 0 saturated heterocycles. The maximum absolute atomic E-state index is 8.70. The summed E-state index contributed by atoms with van der Waals surface area (Å²) >= 11 is 0. The van der Waals surface area contributed by atoms with E-state index in [0.717, 1.165) is 60.0 Å². The molecule has 0 radical (unpaired) electrons. The summed E-state index contributed by atoms with van der Waals surface area (Å²) in [7, 11) is 0. The molecule has 0 heterocycles. The lowest BCUT2D eigenvalue weighted by Gasteiger charge is -2.19. The van der Waals surface area contributed by atoms with Gasteiger partial charge >= 0.3 is 0 Å². The molecule has 0 atom stereocenters. The number of fused-ring (bicyclic) bond motifs is 4. The van der Waals surface area contributed by atoms with E-state index in [2.05, 4.69) is 91.0 Å². The Morgan fingerprint density at radius 1 is 0.325 bits per heavy atom. The lowest BCUT2D eigenvalue weighted by molar-refractivity contribution is 1.64. The van der Waals surface area contributed by atoms with Crippen LogP contribution in [-0.2, 0) is 0 Å². The summed E-state index contributed by atoms with van der Waals surface area (Å²) in [5, 5.41) is 8.81. The first kappa shape index (κ1) is 18.2. The van der Waals surface area contributed by atoms with Crippen molar-refractivity contribution >= 4 is 43.1 Å². The molecule has 0 aliphatic carbocycles. The average molecular weight is 512 g/mol. The largest absolute Gasteiger partial charge is 0.0629 e. The minimum atomic E-state index is -0.393. The van der Waals surface area contributed by atoms with E-state index in [1.807, 2.05) is 36.4 Å². The van der Waals surface area contributed by atoms with Crippen molar-refractivity contribution in [1.82, 2.24) is 0 Å². The molecule has 0 aliphatic rings. The van der Waals surface area contributed by atoms with Crippen molar-refractivity contribution < 1.29 is 6.85 Å². The molecular formula is C40H26. The van der Waals surface area contributed by atoms with Crippen LogP contribution in [0, 0.1) is 0 Å². The van der Waals surface area contributed by atoms with Gasteiger partial charge in [0.2, 0.25) is 0 Å². The normalized spacial score (nSPS) is 13.2. The maximum Gasteiger partial charge on any atom is 0.0629 e. The zero-order chi connectivity index (χ0) is 30.8. The van der Waals surface area contributed by atoms with Crippen molar-refractivity contribution in [3.63, 3.8) is 0 Å². The molecular weight excluding hydrogens is 480 g/mol. The van der Waals surface area contributed by atoms with Crippen molar-refractivity contribution in [3.8, 4) is 33.4 Å². The highest BCUT2D eigenvalue weighted by molar-refractivity contribution is 6.22. The van der Waals surface area contributed by atoms with E-state index in [0.29, 0.717) is 5.56 Å². The molecule has 0 unspecified atom stereocenters. The van der Waals surface area contributed by atoms with Crippen molar-refractivity contribution in [3.05, 3.63) is 158 Å². The van der Waals surface area contributed by atoms with Gasteiger partial charge in [-0.25, -0.2) is 0 Å². The summed E-state index contributed by atoms with van der Waals surface area (Å²) in [6.45, 7) is 0. The van der Waals surface area contributed by atoms with Crippen LogP contribution in [-0.4, -0.2) is 0 Å². The molecule has 0 aliphatic heterocycles. The Balaban J connectivity index is 1.53. The van der Waals surface area contributed by atoms with Crippen molar-refractivity contribution in [2.75, 3.05) is 0 Å². The highest BCUT2D eigenvalue weighted by atomic mass is 14.2. The third kappa shape index (κ3) is 3.69. The molecule has 8 aromatic rings. The fraction of sp³-hybridized carbons (Fsp3) is 0. The lowest BCUT2D eigenvalue weighted by Crippen LogP contribution is -1.92. The second-order valence-electron chi connectivity index (χ2n) is 10.2. The molecule has 0 bridgehead atoms. The molecule has 0 amide bonds. The Hall–Kier alpha value is -5.20. The number of hydrogen-bond donors (Lipinski definition) is 0. The second-order valence-corrected chi connectivity index (χ2v) is 10.2. The lowest BCUT2D eigenvalue weighted by atomic mass is 9.84. The summed E-state index contributed by atoms with van der Waals surface area (Å²) in [6.07, 6.45) is 0. The van der Waals surface area contributed by atoms with Crippen LogP contribution < -0.4 is 0 Å². The van der Waals surface area contributed by atoms with Gasteiger partial charge < -0.3 is 0 Å². The van der Waals surface area contributed by atoms with Crippen LogP contribution >= 0.6 is 0 Å². The molecule has 0 heteroatoms. The fourth-order valence-corrected chi connectivity index (χ4v) is 6.04. The summed E-state index contributed by atoms with van der Waals surface area (Å²) in [4.78, 5) is 0.